The third kappa shape index (κ3) is 4.74. The Bertz CT molecular complexity index is 1430. The fourth-order valence-electron chi connectivity index (χ4n) is 4.79. The highest BCUT2D eigenvalue weighted by atomic mass is 16.5. The van der Waals surface area contributed by atoms with Crippen molar-refractivity contribution < 1.29 is 23.5 Å². The number of amides is 2. The van der Waals surface area contributed by atoms with E-state index < -0.39 is 5.54 Å². The van der Waals surface area contributed by atoms with Crippen LogP contribution < -0.4 is 14.8 Å². The zero-order chi connectivity index (χ0) is 26.7. The number of carbonyl (C=O) groups is 2. The van der Waals surface area contributed by atoms with Gasteiger partial charge in [0.1, 0.15) is 28.5 Å². The van der Waals surface area contributed by atoms with Gasteiger partial charge in [-0.25, -0.2) is 0 Å². The molecule has 38 heavy (non-hydrogen) atoms. The van der Waals surface area contributed by atoms with Crippen molar-refractivity contribution >= 4 is 11.8 Å². The second kappa shape index (κ2) is 10.5. The number of furan rings is 1. The number of hydrogen-bond acceptors (Lipinski definition) is 6. The maximum absolute atomic E-state index is 13.8. The fourth-order valence-corrected chi connectivity index (χ4v) is 4.79. The van der Waals surface area contributed by atoms with Crippen LogP contribution in [0.15, 0.2) is 77.4 Å². The second-order valence-electron chi connectivity index (χ2n) is 9.36. The lowest BCUT2D eigenvalue weighted by Crippen LogP contribution is -2.64. The van der Waals surface area contributed by atoms with Crippen molar-refractivity contribution in [2.45, 2.75) is 32.0 Å². The van der Waals surface area contributed by atoms with Gasteiger partial charge in [-0.3, -0.25) is 14.3 Å². The number of aromatic nitrogens is 2. The smallest absolute Gasteiger partial charge is 0.273 e. The monoisotopic (exact) mass is 514 g/mol. The number of nitrogens with one attached hydrogen (secondary N) is 1. The third-order valence-corrected chi connectivity index (χ3v) is 6.97. The first kappa shape index (κ1) is 25.1. The summed E-state index contributed by atoms with van der Waals surface area (Å²) in [5, 5.41) is 7.72. The largest absolute Gasteiger partial charge is 0.497 e. The molecule has 0 saturated carbocycles. The summed E-state index contributed by atoms with van der Waals surface area (Å²) in [6.45, 7) is 2.57. The molecule has 0 fully saturated rings. The maximum Gasteiger partial charge on any atom is 0.273 e. The number of rotatable bonds is 9. The Morgan fingerprint density at radius 1 is 1.08 bits per heavy atom. The Morgan fingerprint density at radius 3 is 2.58 bits per heavy atom. The molecule has 2 aromatic carbocycles. The zero-order valence-corrected chi connectivity index (χ0v) is 21.6. The van der Waals surface area contributed by atoms with E-state index in [1.165, 1.54) is 0 Å². The van der Waals surface area contributed by atoms with E-state index in [1.54, 1.807) is 43.1 Å². The van der Waals surface area contributed by atoms with Crippen LogP contribution in [0.1, 0.15) is 28.7 Å². The van der Waals surface area contributed by atoms with Crippen LogP contribution in [0.25, 0.3) is 11.3 Å². The van der Waals surface area contributed by atoms with E-state index in [-0.39, 0.29) is 24.9 Å². The average Bonchev–Trinajstić information content (AvgIpc) is 3.62. The van der Waals surface area contributed by atoms with E-state index in [1.807, 2.05) is 60.7 Å². The van der Waals surface area contributed by atoms with Gasteiger partial charge in [-0.2, -0.15) is 5.10 Å². The number of para-hydroxylation sites is 1. The van der Waals surface area contributed by atoms with Gasteiger partial charge in [0.2, 0.25) is 5.91 Å². The van der Waals surface area contributed by atoms with Crippen LogP contribution in [-0.2, 0) is 24.3 Å². The van der Waals surface area contributed by atoms with Crippen LogP contribution in [0, 0.1) is 0 Å². The Labute approximate surface area is 221 Å². The van der Waals surface area contributed by atoms with Crippen molar-refractivity contribution in [1.29, 1.82) is 0 Å². The summed E-state index contributed by atoms with van der Waals surface area (Å²) < 4.78 is 17.8. The molecule has 9 heteroatoms. The molecule has 0 spiro atoms. The van der Waals surface area contributed by atoms with Gasteiger partial charge >= 0.3 is 0 Å². The van der Waals surface area contributed by atoms with Gasteiger partial charge in [0.25, 0.3) is 5.91 Å². The lowest BCUT2D eigenvalue weighted by Gasteiger charge is -2.43. The molecular formula is C29H30N4O5. The first-order valence-corrected chi connectivity index (χ1v) is 12.4. The van der Waals surface area contributed by atoms with E-state index in [9.17, 15) is 9.59 Å². The summed E-state index contributed by atoms with van der Waals surface area (Å²) in [7, 11) is 3.21. The van der Waals surface area contributed by atoms with Crippen molar-refractivity contribution in [3.8, 4) is 22.8 Å². The topological polar surface area (TPSA) is 98.8 Å². The number of benzene rings is 2. The summed E-state index contributed by atoms with van der Waals surface area (Å²) in [6, 6.07) is 20.4. The van der Waals surface area contributed by atoms with E-state index in [0.29, 0.717) is 30.1 Å². The maximum atomic E-state index is 13.8. The molecule has 196 valence electrons. The molecule has 1 N–H and O–H groups in total. The predicted octanol–water partition coefficient (Wildman–Crippen LogP) is 3.93. The van der Waals surface area contributed by atoms with Crippen molar-refractivity contribution in [1.82, 2.24) is 20.0 Å². The Kier molecular flexibility index (Phi) is 6.91. The van der Waals surface area contributed by atoms with E-state index >= 15 is 0 Å². The Hall–Kier alpha value is -4.53. The van der Waals surface area contributed by atoms with Gasteiger partial charge in [-0.1, -0.05) is 18.2 Å². The molecule has 9 nitrogen and oxygen atoms in total. The molecule has 0 unspecified atom stereocenters. The summed E-state index contributed by atoms with van der Waals surface area (Å²) in [4.78, 5) is 29.2. The Balaban J connectivity index is 1.45. The van der Waals surface area contributed by atoms with Crippen molar-refractivity contribution in [2.24, 2.45) is 0 Å². The minimum atomic E-state index is -1.18. The molecule has 3 heterocycles. The van der Waals surface area contributed by atoms with Crippen LogP contribution in [0.5, 0.6) is 11.5 Å². The second-order valence-corrected chi connectivity index (χ2v) is 9.36. The van der Waals surface area contributed by atoms with Crippen LogP contribution >= 0.6 is 0 Å². The number of methoxy groups -OCH3 is 2. The summed E-state index contributed by atoms with van der Waals surface area (Å²) in [5.74, 6) is 1.63. The minimum absolute atomic E-state index is 0.208. The predicted molar refractivity (Wildman–Crippen MR) is 141 cm³/mol. The quantitative estimate of drug-likeness (QED) is 0.363. The lowest BCUT2D eigenvalue weighted by atomic mass is 9.94. The van der Waals surface area contributed by atoms with Gasteiger partial charge in [0.15, 0.2) is 0 Å². The SMILES string of the molecule is COc1ccc(-c2cc3n(n2)C[C@@](C)(C(=O)NCc2ccccc2OC)N(CCc2ccco2)C3=O)cc1. The molecule has 0 bridgehead atoms. The fraction of sp³-hybridized carbons (Fsp3) is 0.276. The van der Waals surface area contributed by atoms with E-state index in [0.717, 1.165) is 22.6 Å². The minimum Gasteiger partial charge on any atom is -0.497 e. The Morgan fingerprint density at radius 2 is 1.87 bits per heavy atom. The zero-order valence-electron chi connectivity index (χ0n) is 21.6. The first-order chi connectivity index (χ1) is 18.4. The number of nitrogens with zero attached hydrogens (tertiary/aromatic N) is 3. The molecule has 0 radical (unpaired) electrons. The van der Waals surface area contributed by atoms with Crippen molar-refractivity contribution in [2.75, 3.05) is 20.8 Å². The van der Waals surface area contributed by atoms with Crippen LogP contribution in [0.3, 0.4) is 0 Å². The number of hydrogen-bond donors (Lipinski definition) is 1. The molecule has 0 saturated heterocycles. The van der Waals surface area contributed by atoms with Crippen LogP contribution in [0.4, 0.5) is 0 Å². The highest BCUT2D eigenvalue weighted by molar-refractivity contribution is 6.00. The lowest BCUT2D eigenvalue weighted by molar-refractivity contribution is -0.133. The third-order valence-electron chi connectivity index (χ3n) is 6.97. The number of fused-ring (bicyclic) bond motifs is 1. The molecule has 5 rings (SSSR count). The molecular weight excluding hydrogens is 484 g/mol. The summed E-state index contributed by atoms with van der Waals surface area (Å²) in [6.07, 6.45) is 2.08. The van der Waals surface area contributed by atoms with E-state index in [4.69, 9.17) is 19.0 Å². The number of ether oxygens (including phenoxy) is 2. The van der Waals surface area contributed by atoms with Crippen LogP contribution in [-0.4, -0.2) is 52.8 Å². The molecule has 2 amide bonds. The molecule has 1 atom stereocenters. The van der Waals surface area contributed by atoms with Gasteiger partial charge < -0.3 is 24.1 Å². The summed E-state index contributed by atoms with van der Waals surface area (Å²) >= 11 is 0. The van der Waals surface area contributed by atoms with Gasteiger partial charge in [-0.05, 0) is 55.5 Å². The first-order valence-electron chi connectivity index (χ1n) is 12.4. The molecule has 0 aliphatic carbocycles. The van der Waals surface area contributed by atoms with E-state index in [2.05, 4.69) is 5.32 Å². The number of carbonyl (C=O) groups excluding carboxylic acids is 2. The molecule has 2 aromatic heterocycles. The van der Waals surface area contributed by atoms with Gasteiger partial charge in [0.05, 0.1) is 32.7 Å². The van der Waals surface area contributed by atoms with Crippen molar-refractivity contribution in [3.05, 3.63) is 90.0 Å². The molecule has 4 aromatic rings. The average molecular weight is 515 g/mol. The molecule has 1 aliphatic heterocycles. The van der Waals surface area contributed by atoms with Gasteiger partial charge in [-0.15, -0.1) is 0 Å². The normalized spacial score (nSPS) is 16.7. The summed E-state index contributed by atoms with van der Waals surface area (Å²) in [5.41, 5.74) is 1.61. The van der Waals surface area contributed by atoms with Gasteiger partial charge in [0, 0.05) is 30.6 Å². The molecule has 1 aliphatic rings. The van der Waals surface area contributed by atoms with Crippen LogP contribution in [0.2, 0.25) is 0 Å². The highest BCUT2D eigenvalue weighted by Gasteiger charge is 2.47. The standard InChI is InChI=1S/C29H30N4O5/c1-29(28(35)30-18-21-7-4-5-9-26(21)37-3)19-33-25(27(34)32(29)15-14-23-8-6-16-38-23)17-24(31-33)20-10-12-22(36-2)13-11-20/h4-13,16-17H,14-15,18-19H2,1-3H3,(H,30,35)/t29-/m0/s1. The van der Waals surface area contributed by atoms with Crippen molar-refractivity contribution in [3.63, 3.8) is 0 Å². The highest BCUT2D eigenvalue weighted by Crippen LogP contribution is 2.31.